The van der Waals surface area contributed by atoms with Crippen LogP contribution in [0, 0.1) is 0 Å². The van der Waals surface area contributed by atoms with Gasteiger partial charge in [0.2, 0.25) is 0 Å². The van der Waals surface area contributed by atoms with E-state index in [1.54, 1.807) is 0 Å². The van der Waals surface area contributed by atoms with Crippen LogP contribution in [0.15, 0.2) is 0 Å². The van der Waals surface area contributed by atoms with Crippen molar-refractivity contribution in [2.45, 2.75) is 6.23 Å². The summed E-state index contributed by atoms with van der Waals surface area (Å²) in [5, 5.41) is 44.3. The van der Waals surface area contributed by atoms with Gasteiger partial charge >= 0.3 is 23.9 Å². The van der Waals surface area contributed by atoms with Gasteiger partial charge in [0.15, 0.2) is 0 Å². The normalized spacial score (nSPS) is 12.3. The van der Waals surface area contributed by atoms with Crippen LogP contribution in [0.3, 0.4) is 0 Å². The fraction of sp³-hybridized carbons (Fsp3) is 0.600. The minimum Gasteiger partial charge on any atom is -0.480 e. The fourth-order valence-electron chi connectivity index (χ4n) is 1.53. The van der Waals surface area contributed by atoms with Crippen LogP contribution in [0.5, 0.6) is 0 Å². The molecule has 5 N–H and O–H groups in total. The Morgan fingerprint density at radius 1 is 0.714 bits per heavy atom. The average molecular weight is 308 g/mol. The molecule has 0 saturated heterocycles. The molecular formula is C10H16N2O9. The average Bonchev–Trinajstić information content (AvgIpc) is 2.24. The maximum Gasteiger partial charge on any atom is 0.317 e. The second kappa shape index (κ2) is 8.84. The van der Waals surface area contributed by atoms with E-state index >= 15 is 0 Å². The lowest BCUT2D eigenvalue weighted by molar-refractivity contribution is -0.151. The van der Waals surface area contributed by atoms with Gasteiger partial charge in [-0.3, -0.25) is 29.0 Å². The van der Waals surface area contributed by atoms with Crippen LogP contribution in [0.1, 0.15) is 0 Å². The number of carbonyl (C=O) groups is 4. The van der Waals surface area contributed by atoms with Crippen LogP contribution in [-0.2, 0) is 19.2 Å². The summed E-state index contributed by atoms with van der Waals surface area (Å²) in [6.07, 6.45) is -1.64. The molecule has 0 rings (SSSR count). The van der Waals surface area contributed by atoms with Gasteiger partial charge in [0.05, 0.1) is 26.2 Å². The van der Waals surface area contributed by atoms with Crippen molar-refractivity contribution in [2.75, 3.05) is 32.7 Å². The third kappa shape index (κ3) is 9.32. The van der Waals surface area contributed by atoms with Crippen molar-refractivity contribution < 1.29 is 44.7 Å². The van der Waals surface area contributed by atoms with Crippen molar-refractivity contribution in [3.05, 3.63) is 0 Å². The van der Waals surface area contributed by atoms with Gasteiger partial charge in [-0.25, -0.2) is 0 Å². The first-order valence-electron chi connectivity index (χ1n) is 5.63. The van der Waals surface area contributed by atoms with Crippen LogP contribution >= 0.6 is 0 Å². The smallest absolute Gasteiger partial charge is 0.317 e. The lowest BCUT2D eigenvalue weighted by Crippen LogP contribution is -2.49. The quantitative estimate of drug-likeness (QED) is 0.250. The zero-order valence-electron chi connectivity index (χ0n) is 10.9. The molecule has 0 saturated carbocycles. The number of aliphatic carboxylic acids is 4. The van der Waals surface area contributed by atoms with Crippen LogP contribution < -0.4 is 0 Å². The molecule has 0 heterocycles. The highest BCUT2D eigenvalue weighted by atomic mass is 16.4. The standard InChI is InChI=1S/C10H16N2O9/c13-6(12(4-9(18)19)5-10(20)21)1-11(2-7(14)15)3-8(16)17/h6,13H,1-5H2,(H,14,15)(H,16,17)(H,18,19)(H,20,21). The van der Waals surface area contributed by atoms with Crippen LogP contribution in [0.4, 0.5) is 0 Å². The predicted molar refractivity (Wildman–Crippen MR) is 64.6 cm³/mol. The largest absolute Gasteiger partial charge is 0.480 e. The highest BCUT2D eigenvalue weighted by Gasteiger charge is 2.25. The molecule has 0 aliphatic rings. The summed E-state index contributed by atoms with van der Waals surface area (Å²) >= 11 is 0. The van der Waals surface area contributed by atoms with Crippen molar-refractivity contribution in [1.29, 1.82) is 0 Å². The number of aliphatic hydroxyl groups is 1. The summed E-state index contributed by atoms with van der Waals surface area (Å²) in [6, 6.07) is 0. The van der Waals surface area contributed by atoms with Gasteiger partial charge in [-0.05, 0) is 0 Å². The summed E-state index contributed by atoms with van der Waals surface area (Å²) in [5.41, 5.74) is 0. The van der Waals surface area contributed by atoms with Gasteiger partial charge in [-0.2, -0.15) is 0 Å². The Labute approximate surface area is 118 Å². The van der Waals surface area contributed by atoms with Crippen molar-refractivity contribution in [3.8, 4) is 0 Å². The van der Waals surface area contributed by atoms with Crippen LogP contribution in [0.2, 0.25) is 0 Å². The number of carboxylic acids is 4. The summed E-state index contributed by atoms with van der Waals surface area (Å²) in [7, 11) is 0. The van der Waals surface area contributed by atoms with E-state index in [0.29, 0.717) is 4.90 Å². The predicted octanol–water partition coefficient (Wildman–Crippen LogP) is -2.75. The van der Waals surface area contributed by atoms with E-state index in [-0.39, 0.29) is 0 Å². The first-order valence-corrected chi connectivity index (χ1v) is 5.63. The Morgan fingerprint density at radius 3 is 1.33 bits per heavy atom. The second-order valence-corrected chi connectivity index (χ2v) is 4.13. The Morgan fingerprint density at radius 2 is 1.05 bits per heavy atom. The number of carboxylic acid groups (broad SMARTS) is 4. The zero-order chi connectivity index (χ0) is 16.6. The molecule has 0 spiro atoms. The van der Waals surface area contributed by atoms with Crippen molar-refractivity contribution in [3.63, 3.8) is 0 Å². The molecule has 0 bridgehead atoms. The van der Waals surface area contributed by atoms with Gasteiger partial charge in [0, 0.05) is 6.54 Å². The first kappa shape index (κ1) is 18.8. The molecule has 1 atom stereocenters. The summed E-state index contributed by atoms with van der Waals surface area (Å²) in [6.45, 7) is -3.50. The Hall–Kier alpha value is -2.24. The van der Waals surface area contributed by atoms with Crippen molar-refractivity contribution >= 4 is 23.9 Å². The molecule has 11 heteroatoms. The van der Waals surface area contributed by atoms with Gasteiger partial charge in [0.25, 0.3) is 0 Å². The summed E-state index contributed by atoms with van der Waals surface area (Å²) in [4.78, 5) is 43.8. The minimum atomic E-state index is -1.64. The number of nitrogens with zero attached hydrogens (tertiary/aromatic N) is 2. The highest BCUT2D eigenvalue weighted by molar-refractivity contribution is 5.73. The van der Waals surface area contributed by atoms with Gasteiger partial charge in [-0.1, -0.05) is 0 Å². The third-order valence-corrected chi connectivity index (χ3v) is 2.24. The number of hydrogen-bond donors (Lipinski definition) is 5. The van der Waals surface area contributed by atoms with Gasteiger partial charge in [0.1, 0.15) is 6.23 Å². The molecule has 0 aliphatic heterocycles. The van der Waals surface area contributed by atoms with Gasteiger partial charge in [-0.15, -0.1) is 0 Å². The van der Waals surface area contributed by atoms with E-state index in [4.69, 9.17) is 20.4 Å². The molecule has 0 fully saturated rings. The van der Waals surface area contributed by atoms with E-state index in [9.17, 15) is 24.3 Å². The van der Waals surface area contributed by atoms with E-state index in [2.05, 4.69) is 0 Å². The number of hydrogen-bond acceptors (Lipinski definition) is 7. The number of rotatable bonds is 11. The lowest BCUT2D eigenvalue weighted by Gasteiger charge is -2.28. The van der Waals surface area contributed by atoms with Crippen LogP contribution in [-0.4, -0.2) is 98.2 Å². The Kier molecular flexibility index (Phi) is 7.89. The van der Waals surface area contributed by atoms with Crippen molar-refractivity contribution in [1.82, 2.24) is 9.80 Å². The molecule has 120 valence electrons. The van der Waals surface area contributed by atoms with Crippen molar-refractivity contribution in [2.24, 2.45) is 0 Å². The first-order chi connectivity index (χ1) is 9.61. The Bertz CT molecular complexity index is 379. The molecule has 0 aromatic heterocycles. The maximum atomic E-state index is 10.6. The molecule has 21 heavy (non-hydrogen) atoms. The fourth-order valence-corrected chi connectivity index (χ4v) is 1.53. The monoisotopic (exact) mass is 308 g/mol. The van der Waals surface area contributed by atoms with Gasteiger partial charge < -0.3 is 25.5 Å². The summed E-state index contributed by atoms with van der Waals surface area (Å²) in [5.74, 6) is -5.46. The minimum absolute atomic E-state index is 0.529. The molecule has 0 radical (unpaired) electrons. The number of aliphatic hydroxyl groups excluding tert-OH is 1. The van der Waals surface area contributed by atoms with E-state index in [0.717, 1.165) is 4.90 Å². The SMILES string of the molecule is O=C(O)CN(CC(=O)O)CC(O)N(CC(=O)O)CC(=O)O. The molecule has 0 aliphatic carbocycles. The zero-order valence-corrected chi connectivity index (χ0v) is 10.9. The lowest BCUT2D eigenvalue weighted by atomic mass is 10.3. The van der Waals surface area contributed by atoms with E-state index in [1.807, 2.05) is 0 Å². The van der Waals surface area contributed by atoms with E-state index in [1.165, 1.54) is 0 Å². The molecule has 1 unspecified atom stereocenters. The van der Waals surface area contributed by atoms with Crippen LogP contribution in [0.25, 0.3) is 0 Å². The second-order valence-electron chi connectivity index (χ2n) is 4.13. The van der Waals surface area contributed by atoms with E-state index < -0.39 is 62.8 Å². The summed E-state index contributed by atoms with van der Waals surface area (Å²) < 4.78 is 0. The molecule has 0 aromatic rings. The molecule has 0 amide bonds. The highest BCUT2D eigenvalue weighted by Crippen LogP contribution is 2.01. The molecule has 11 nitrogen and oxygen atoms in total. The Balaban J connectivity index is 4.81. The maximum absolute atomic E-state index is 10.6. The molecular weight excluding hydrogens is 292 g/mol. The topological polar surface area (TPSA) is 176 Å². The third-order valence-electron chi connectivity index (χ3n) is 2.24. The molecule has 0 aromatic carbocycles.